The Bertz CT molecular complexity index is 3350. The molecule has 0 spiro atoms. The molecule has 76 heavy (non-hydrogen) atoms. The molecule has 4 aromatic carbocycles. The molecule has 1 unspecified atom stereocenters. The van der Waals surface area contributed by atoms with E-state index in [0.29, 0.717) is 53.3 Å². The number of aldehydes is 1. The van der Waals surface area contributed by atoms with Crippen LogP contribution in [-0.4, -0.2) is 89.5 Å². The molecule has 1 amide bonds. The van der Waals surface area contributed by atoms with Gasteiger partial charge in [0.15, 0.2) is 6.29 Å². The molecular weight excluding hydrogens is 981 g/mol. The van der Waals surface area contributed by atoms with Crippen molar-refractivity contribution in [1.29, 1.82) is 0 Å². The van der Waals surface area contributed by atoms with Gasteiger partial charge in [-0.15, -0.1) is 0 Å². The number of imidazole rings is 1. The number of benzene rings is 4. The molecule has 12 rings (SSSR count). The number of carbonyl (C=O) groups excluding carboxylic acids is 2. The van der Waals surface area contributed by atoms with Crippen LogP contribution in [0.3, 0.4) is 0 Å². The van der Waals surface area contributed by atoms with Gasteiger partial charge >= 0.3 is 6.18 Å². The van der Waals surface area contributed by atoms with Crippen molar-refractivity contribution in [2.24, 2.45) is 11.7 Å². The van der Waals surface area contributed by atoms with Crippen LogP contribution in [0.25, 0.3) is 44.9 Å². The number of halogens is 6. The maximum atomic E-state index is 13.7. The van der Waals surface area contributed by atoms with Gasteiger partial charge in [0.25, 0.3) is 0 Å². The van der Waals surface area contributed by atoms with E-state index in [1.165, 1.54) is 59.3 Å². The number of aromatic nitrogens is 6. The predicted molar refractivity (Wildman–Crippen MR) is 283 cm³/mol. The van der Waals surface area contributed by atoms with Crippen LogP contribution in [0.5, 0.6) is 0 Å². The Morgan fingerprint density at radius 1 is 0.737 bits per heavy atom. The Hall–Kier alpha value is -7.89. The topological polar surface area (TPSA) is 119 Å². The van der Waals surface area contributed by atoms with Crippen molar-refractivity contribution >= 4 is 23.9 Å². The van der Waals surface area contributed by atoms with Crippen LogP contribution in [0.1, 0.15) is 66.2 Å². The summed E-state index contributed by atoms with van der Waals surface area (Å²) in [6, 6.07) is 40.2. The fourth-order valence-corrected chi connectivity index (χ4v) is 9.32. The molecule has 7 heterocycles. The van der Waals surface area contributed by atoms with E-state index in [2.05, 4.69) is 41.0 Å². The number of hydrogen-bond donors (Lipinski definition) is 1. The monoisotopic (exact) mass is 1040 g/mol. The van der Waals surface area contributed by atoms with Crippen molar-refractivity contribution in [2.75, 3.05) is 20.1 Å². The fraction of sp³-hybridized carbons (Fsp3) is 0.271. The van der Waals surface area contributed by atoms with Gasteiger partial charge in [-0.05, 0) is 129 Å². The zero-order valence-corrected chi connectivity index (χ0v) is 42.5. The van der Waals surface area contributed by atoms with Crippen molar-refractivity contribution in [3.63, 3.8) is 0 Å². The molecule has 17 heteroatoms. The summed E-state index contributed by atoms with van der Waals surface area (Å²) in [5.74, 6) is 0.807. The maximum Gasteiger partial charge on any atom is 0.416 e. The number of hydrogen-bond acceptors (Lipinski definition) is 7. The maximum absolute atomic E-state index is 13.7. The molecule has 5 aromatic heterocycles. The average Bonchev–Trinajstić information content (AvgIpc) is 3.65. The highest BCUT2D eigenvalue weighted by Gasteiger charge is 2.50. The number of alkyl halides is 3. The van der Waals surface area contributed by atoms with Crippen LogP contribution in [0.15, 0.2) is 158 Å². The summed E-state index contributed by atoms with van der Waals surface area (Å²) in [6.45, 7) is 8.60. The predicted octanol–water partition coefficient (Wildman–Crippen LogP) is 12.2. The van der Waals surface area contributed by atoms with Gasteiger partial charge in [0.2, 0.25) is 6.41 Å². The second kappa shape index (κ2) is 24.2. The first-order chi connectivity index (χ1) is 36.6. The molecular formula is C59H59F6N9O2. The highest BCUT2D eigenvalue weighted by molar-refractivity contribution is 5.86. The Labute approximate surface area is 437 Å². The van der Waals surface area contributed by atoms with Crippen molar-refractivity contribution in [3.8, 4) is 33.8 Å². The van der Waals surface area contributed by atoms with Gasteiger partial charge in [-0.25, -0.2) is 22.7 Å². The van der Waals surface area contributed by atoms with Crippen molar-refractivity contribution < 1.29 is 35.9 Å². The molecule has 2 N–H and O–H groups in total. The van der Waals surface area contributed by atoms with Crippen LogP contribution < -0.4 is 5.73 Å². The minimum absolute atomic E-state index is 0.0887. The number of nitrogens with zero attached hydrogens (tertiary/aromatic N) is 8. The SMILES string of the molecule is CC(C)c1ccc(F)cc1.CN1C2C[C@H]2C[C@H]1Cn1ccc(-c2ccc(F)cc2)n1.Cc1c(-c2ccccc2F)nn2ccccc12.NC[C@@H]1CCN1C=O.O=Cc1c(-c2ccccc2)nc2cc(C(F)(F)F)ccn12. The van der Waals surface area contributed by atoms with Gasteiger partial charge in [0.05, 0.1) is 29.0 Å². The molecule has 3 aliphatic rings. The smallest absolute Gasteiger partial charge is 0.341 e. The number of pyridine rings is 2. The van der Waals surface area contributed by atoms with Crippen LogP contribution in [0.2, 0.25) is 0 Å². The van der Waals surface area contributed by atoms with Gasteiger partial charge < -0.3 is 10.6 Å². The van der Waals surface area contributed by atoms with Crippen LogP contribution in [0, 0.1) is 30.3 Å². The van der Waals surface area contributed by atoms with E-state index in [0.717, 1.165) is 72.4 Å². The Morgan fingerprint density at radius 2 is 1.42 bits per heavy atom. The third kappa shape index (κ3) is 13.0. The first-order valence-corrected chi connectivity index (χ1v) is 25.0. The third-order valence-electron chi connectivity index (χ3n) is 13.9. The summed E-state index contributed by atoms with van der Waals surface area (Å²) in [5.41, 5.74) is 12.2. The van der Waals surface area contributed by atoms with Crippen LogP contribution >= 0.6 is 0 Å². The molecule has 2 aliphatic heterocycles. The van der Waals surface area contributed by atoms with E-state index < -0.39 is 11.7 Å². The molecule has 0 radical (unpaired) electrons. The molecule has 3 fully saturated rings. The number of likely N-dealkylation sites (N-methyl/N-ethyl adjacent to an activating group) is 1. The lowest BCUT2D eigenvalue weighted by Crippen LogP contribution is -2.50. The number of nitrogens with two attached hydrogens (primary N) is 1. The normalized spacial score (nSPS) is 17.4. The lowest BCUT2D eigenvalue weighted by atomic mass is 10.0. The van der Waals surface area contributed by atoms with Crippen LogP contribution in [-0.2, 0) is 17.5 Å². The summed E-state index contributed by atoms with van der Waals surface area (Å²) in [7, 11) is 2.23. The highest BCUT2D eigenvalue weighted by atomic mass is 19.4. The van der Waals surface area contributed by atoms with E-state index in [1.54, 1.807) is 57.9 Å². The van der Waals surface area contributed by atoms with E-state index in [9.17, 15) is 35.9 Å². The zero-order valence-electron chi connectivity index (χ0n) is 42.5. The quantitative estimate of drug-likeness (QED) is 0.113. The van der Waals surface area contributed by atoms with Gasteiger partial charge in [0, 0.05) is 72.1 Å². The van der Waals surface area contributed by atoms with E-state index in [1.807, 2.05) is 72.5 Å². The third-order valence-corrected chi connectivity index (χ3v) is 13.9. The van der Waals surface area contributed by atoms with Gasteiger partial charge in [-0.2, -0.15) is 23.4 Å². The van der Waals surface area contributed by atoms with Crippen molar-refractivity contribution in [2.45, 2.75) is 76.8 Å². The minimum atomic E-state index is -4.44. The molecule has 1 aliphatic carbocycles. The van der Waals surface area contributed by atoms with E-state index in [-0.39, 0.29) is 28.8 Å². The molecule has 1 saturated carbocycles. The van der Waals surface area contributed by atoms with E-state index in [4.69, 9.17) is 5.73 Å². The Balaban J connectivity index is 0.000000131. The first-order valence-electron chi connectivity index (χ1n) is 25.0. The van der Waals surface area contributed by atoms with E-state index >= 15 is 0 Å². The number of amides is 1. The molecule has 0 bridgehead atoms. The first kappa shape index (κ1) is 54.4. The summed E-state index contributed by atoms with van der Waals surface area (Å²) in [4.78, 5) is 29.7. The molecule has 2 saturated heterocycles. The van der Waals surface area contributed by atoms with Crippen molar-refractivity contribution in [3.05, 3.63) is 198 Å². The molecule has 9 aromatic rings. The summed E-state index contributed by atoms with van der Waals surface area (Å²) >= 11 is 0. The Morgan fingerprint density at radius 3 is 2.00 bits per heavy atom. The molecule has 11 nitrogen and oxygen atoms in total. The summed E-state index contributed by atoms with van der Waals surface area (Å²) in [5, 5.41) is 9.04. The van der Waals surface area contributed by atoms with Crippen molar-refractivity contribution in [1.82, 2.24) is 38.6 Å². The second-order valence-corrected chi connectivity index (χ2v) is 19.2. The fourth-order valence-electron chi connectivity index (χ4n) is 9.32. The lowest BCUT2D eigenvalue weighted by Gasteiger charge is -2.36. The minimum Gasteiger partial charge on any atom is -0.341 e. The number of piperidine rings is 1. The summed E-state index contributed by atoms with van der Waals surface area (Å²) < 4.78 is 82.3. The summed E-state index contributed by atoms with van der Waals surface area (Å²) in [6.07, 6.45) is 5.87. The number of rotatable bonds is 9. The number of fused-ring (bicyclic) bond motifs is 3. The van der Waals surface area contributed by atoms with Gasteiger partial charge in [0.1, 0.15) is 34.5 Å². The lowest BCUT2D eigenvalue weighted by molar-refractivity contribution is -0.137. The highest BCUT2D eigenvalue weighted by Crippen LogP contribution is 2.47. The largest absolute Gasteiger partial charge is 0.416 e. The molecule has 394 valence electrons. The van der Waals surface area contributed by atoms with Gasteiger partial charge in [-0.3, -0.25) is 23.6 Å². The number of carbonyl (C=O) groups is 2. The number of aryl methyl sites for hydroxylation is 1. The number of likely N-dealkylation sites (tertiary alicyclic amines) is 2. The zero-order chi connectivity index (χ0) is 54.1. The standard InChI is InChI=1S/C16H18FN3.C15H9F3N2O.C14H11FN2.C9H11F.C5H10N2O/c1-19-14(8-12-9-16(12)19)10-20-7-6-15(18-20)11-2-4-13(17)5-3-11;16-15(17,18)11-6-7-20-12(9-21)14(19-13(20)8-11)10-4-2-1-3-5-10;1-10-13-8-4-5-9-17(13)16-14(10)11-6-2-3-7-12(11)15;1-7(2)8-3-5-9(10)6-4-8;6-3-5-1-2-7(5)4-8/h2-7,12,14,16H,8-10H2,1H3;1-9H;2-9H,1H3;3-7H,1-2H3;4-5H,1-3,6H2/t12-,14+,16?;;;;5-/m1...0/s1. The van der Waals surface area contributed by atoms with Gasteiger partial charge in [-0.1, -0.05) is 74.5 Å². The average molecular weight is 1040 g/mol. The second-order valence-electron chi connectivity index (χ2n) is 19.2. The Kier molecular flexibility index (Phi) is 17.3. The molecule has 4 atom stereocenters. The van der Waals surface area contributed by atoms with Crippen LogP contribution in [0.4, 0.5) is 26.3 Å².